The van der Waals surface area contributed by atoms with Crippen molar-refractivity contribution in [3.05, 3.63) is 65.2 Å². The number of hydrogen-bond donors (Lipinski definition) is 1. The predicted molar refractivity (Wildman–Crippen MR) is 97.4 cm³/mol. The summed E-state index contributed by atoms with van der Waals surface area (Å²) in [5, 5.41) is 8.74. The molecule has 0 heterocycles. The third-order valence-corrected chi connectivity index (χ3v) is 3.47. The van der Waals surface area contributed by atoms with E-state index in [0.717, 1.165) is 40.6 Å². The van der Waals surface area contributed by atoms with Crippen LogP contribution in [0.2, 0.25) is 0 Å². The first kappa shape index (κ1) is 17.5. The Balaban J connectivity index is 2.15. The Kier molecular flexibility index (Phi) is 6.32. The van der Waals surface area contributed by atoms with E-state index in [1.54, 1.807) is 12.3 Å². The molecule has 0 spiro atoms. The van der Waals surface area contributed by atoms with Gasteiger partial charge in [0, 0.05) is 12.3 Å². The van der Waals surface area contributed by atoms with Gasteiger partial charge >= 0.3 is 5.97 Å². The first-order valence-electron chi connectivity index (χ1n) is 7.93. The summed E-state index contributed by atoms with van der Waals surface area (Å²) in [4.78, 5) is 15.1. The number of carbonyl (C=O) groups is 1. The molecule has 0 aromatic heterocycles. The van der Waals surface area contributed by atoms with E-state index in [-0.39, 0.29) is 0 Å². The maximum atomic E-state index is 10.6. The van der Waals surface area contributed by atoms with Crippen LogP contribution in [0.5, 0.6) is 5.75 Å². The molecule has 2 aromatic rings. The Morgan fingerprint density at radius 3 is 2.54 bits per heavy atom. The number of carboxylic acid groups (broad SMARTS) is 1. The van der Waals surface area contributed by atoms with Gasteiger partial charge in [-0.05, 0) is 72.5 Å². The summed E-state index contributed by atoms with van der Waals surface area (Å²) >= 11 is 0. The molecule has 0 unspecified atom stereocenters. The van der Waals surface area contributed by atoms with E-state index in [1.807, 2.05) is 56.3 Å². The zero-order valence-corrected chi connectivity index (χ0v) is 13.9. The van der Waals surface area contributed by atoms with Crippen LogP contribution in [-0.2, 0) is 11.2 Å². The van der Waals surface area contributed by atoms with Crippen LogP contribution in [0.3, 0.4) is 0 Å². The van der Waals surface area contributed by atoms with Crippen molar-refractivity contribution < 1.29 is 14.6 Å². The third kappa shape index (κ3) is 5.09. The van der Waals surface area contributed by atoms with Gasteiger partial charge in [0.05, 0.1) is 12.3 Å². The number of aryl methyl sites for hydroxylation is 1. The number of aliphatic carboxylic acids is 1. The van der Waals surface area contributed by atoms with E-state index in [4.69, 9.17) is 9.84 Å². The Labute approximate surface area is 142 Å². The molecule has 4 nitrogen and oxygen atoms in total. The average Bonchev–Trinajstić information content (AvgIpc) is 2.59. The second kappa shape index (κ2) is 8.67. The Morgan fingerprint density at radius 1 is 1.17 bits per heavy atom. The normalized spacial score (nSPS) is 11.2. The van der Waals surface area contributed by atoms with Crippen molar-refractivity contribution in [2.24, 2.45) is 4.99 Å². The van der Waals surface area contributed by atoms with Crippen molar-refractivity contribution in [3.8, 4) is 5.75 Å². The molecule has 0 fully saturated rings. The molecule has 0 aliphatic rings. The van der Waals surface area contributed by atoms with Gasteiger partial charge in [-0.25, -0.2) is 4.79 Å². The predicted octanol–water partition coefficient (Wildman–Crippen LogP) is 4.50. The topological polar surface area (TPSA) is 58.9 Å². The lowest BCUT2D eigenvalue weighted by Crippen LogP contribution is -1.91. The number of hydrogen-bond acceptors (Lipinski definition) is 3. The second-order valence-electron chi connectivity index (χ2n) is 5.17. The lowest BCUT2D eigenvalue weighted by atomic mass is 10.0. The molecule has 0 saturated heterocycles. The van der Waals surface area contributed by atoms with Crippen LogP contribution in [0.4, 0.5) is 5.69 Å². The van der Waals surface area contributed by atoms with Gasteiger partial charge in [-0.3, -0.25) is 4.99 Å². The molecule has 2 rings (SSSR count). The molecule has 0 radical (unpaired) electrons. The smallest absolute Gasteiger partial charge is 0.328 e. The van der Waals surface area contributed by atoms with Crippen molar-refractivity contribution in [2.45, 2.75) is 20.3 Å². The molecular weight excluding hydrogens is 302 g/mol. The number of rotatable bonds is 7. The Hall–Kier alpha value is -2.88. The standard InChI is InChI=1S/C20H21NO3/c1-3-16-13-18(9-7-17(16)8-12-20(22)23)21-14-15-5-10-19(11-6-15)24-4-2/h5-14H,3-4H2,1-2H3,(H,22,23)/b12-8+,21-14?. The van der Waals surface area contributed by atoms with Crippen molar-refractivity contribution in [3.63, 3.8) is 0 Å². The van der Waals surface area contributed by atoms with Gasteiger partial charge in [-0.1, -0.05) is 13.0 Å². The zero-order chi connectivity index (χ0) is 17.4. The van der Waals surface area contributed by atoms with Crippen molar-refractivity contribution in [2.75, 3.05) is 6.61 Å². The lowest BCUT2D eigenvalue weighted by molar-refractivity contribution is -0.131. The molecule has 0 amide bonds. The Morgan fingerprint density at radius 2 is 1.92 bits per heavy atom. The van der Waals surface area contributed by atoms with Crippen LogP contribution in [0.1, 0.15) is 30.5 Å². The highest BCUT2D eigenvalue weighted by atomic mass is 16.5. The summed E-state index contributed by atoms with van der Waals surface area (Å²) < 4.78 is 5.41. The maximum Gasteiger partial charge on any atom is 0.328 e. The lowest BCUT2D eigenvalue weighted by Gasteiger charge is -2.05. The van der Waals surface area contributed by atoms with Gasteiger partial charge in [0.25, 0.3) is 0 Å². The zero-order valence-electron chi connectivity index (χ0n) is 13.9. The van der Waals surface area contributed by atoms with Gasteiger partial charge in [-0.15, -0.1) is 0 Å². The van der Waals surface area contributed by atoms with E-state index in [0.29, 0.717) is 6.61 Å². The van der Waals surface area contributed by atoms with E-state index >= 15 is 0 Å². The summed E-state index contributed by atoms with van der Waals surface area (Å²) in [6.45, 7) is 4.64. The molecule has 0 bridgehead atoms. The van der Waals surface area contributed by atoms with E-state index < -0.39 is 5.97 Å². The minimum Gasteiger partial charge on any atom is -0.494 e. The van der Waals surface area contributed by atoms with Crippen LogP contribution >= 0.6 is 0 Å². The maximum absolute atomic E-state index is 10.6. The molecule has 2 aromatic carbocycles. The Bertz CT molecular complexity index is 746. The van der Waals surface area contributed by atoms with Crippen molar-refractivity contribution >= 4 is 23.9 Å². The quantitative estimate of drug-likeness (QED) is 0.603. The fourth-order valence-electron chi connectivity index (χ4n) is 2.27. The van der Waals surface area contributed by atoms with Gasteiger partial charge in [-0.2, -0.15) is 0 Å². The van der Waals surface area contributed by atoms with E-state index in [1.165, 1.54) is 0 Å². The fourth-order valence-corrected chi connectivity index (χ4v) is 2.27. The highest BCUT2D eigenvalue weighted by Gasteiger charge is 2.00. The number of ether oxygens (including phenoxy) is 1. The fraction of sp³-hybridized carbons (Fsp3) is 0.200. The van der Waals surface area contributed by atoms with Gasteiger partial charge in [0.15, 0.2) is 0 Å². The summed E-state index contributed by atoms with van der Waals surface area (Å²) in [5.41, 5.74) is 3.80. The number of nitrogens with zero attached hydrogens (tertiary/aromatic N) is 1. The van der Waals surface area contributed by atoms with Gasteiger partial charge in [0.1, 0.15) is 5.75 Å². The van der Waals surface area contributed by atoms with Crippen molar-refractivity contribution in [1.29, 1.82) is 0 Å². The number of aliphatic imine (C=N–C) groups is 1. The summed E-state index contributed by atoms with van der Waals surface area (Å²) in [7, 11) is 0. The average molecular weight is 323 g/mol. The van der Waals surface area contributed by atoms with Crippen molar-refractivity contribution in [1.82, 2.24) is 0 Å². The summed E-state index contributed by atoms with van der Waals surface area (Å²) in [6, 6.07) is 13.5. The van der Waals surface area contributed by atoms with Crippen LogP contribution < -0.4 is 4.74 Å². The number of benzene rings is 2. The first-order chi connectivity index (χ1) is 11.6. The van der Waals surface area contributed by atoms with E-state index in [2.05, 4.69) is 4.99 Å². The van der Waals surface area contributed by atoms with Crippen LogP contribution in [0.15, 0.2) is 53.5 Å². The molecule has 124 valence electrons. The minimum atomic E-state index is -0.949. The SMILES string of the molecule is CCOc1ccc(C=Nc2ccc(/C=C/C(=O)O)c(CC)c2)cc1. The molecule has 4 heteroatoms. The third-order valence-electron chi connectivity index (χ3n) is 3.47. The van der Waals surface area contributed by atoms with Crippen LogP contribution in [0.25, 0.3) is 6.08 Å². The molecule has 24 heavy (non-hydrogen) atoms. The summed E-state index contributed by atoms with van der Waals surface area (Å²) in [5.74, 6) is -0.105. The van der Waals surface area contributed by atoms with Gasteiger partial charge < -0.3 is 9.84 Å². The molecule has 0 aliphatic carbocycles. The molecule has 0 atom stereocenters. The molecule has 1 N–H and O–H groups in total. The molecule has 0 saturated carbocycles. The highest BCUT2D eigenvalue weighted by molar-refractivity contribution is 5.86. The summed E-state index contributed by atoms with van der Waals surface area (Å²) in [6.07, 6.45) is 5.38. The van der Waals surface area contributed by atoms with Gasteiger partial charge in [0.2, 0.25) is 0 Å². The monoisotopic (exact) mass is 323 g/mol. The molecule has 0 aliphatic heterocycles. The second-order valence-corrected chi connectivity index (χ2v) is 5.17. The highest BCUT2D eigenvalue weighted by Crippen LogP contribution is 2.20. The largest absolute Gasteiger partial charge is 0.494 e. The molecular formula is C20H21NO3. The van der Waals surface area contributed by atoms with Crippen LogP contribution in [0, 0.1) is 0 Å². The first-order valence-corrected chi connectivity index (χ1v) is 7.93. The van der Waals surface area contributed by atoms with E-state index in [9.17, 15) is 4.79 Å². The minimum absolute atomic E-state index is 0.649. The van der Waals surface area contributed by atoms with Crippen LogP contribution in [-0.4, -0.2) is 23.9 Å². The number of carboxylic acids is 1.